The van der Waals surface area contributed by atoms with Crippen molar-refractivity contribution >= 4 is 41.8 Å². The van der Waals surface area contributed by atoms with E-state index in [1.165, 1.54) is 41.5 Å². The van der Waals surface area contributed by atoms with Gasteiger partial charge in [0.25, 0.3) is 0 Å². The van der Waals surface area contributed by atoms with Gasteiger partial charge in [-0.2, -0.15) is 0 Å². The van der Waals surface area contributed by atoms with E-state index in [0.717, 1.165) is 0 Å². The number of esters is 7. The summed E-state index contributed by atoms with van der Waals surface area (Å²) in [4.78, 5) is 87.7. The first kappa shape index (κ1) is 43.3. The van der Waals surface area contributed by atoms with E-state index >= 15 is 0 Å². The van der Waals surface area contributed by atoms with Crippen molar-refractivity contribution in [2.45, 2.75) is 155 Å². The third-order valence-electron chi connectivity index (χ3n) is 7.67. The average Bonchev–Trinajstić information content (AvgIpc) is 3.13. The Morgan fingerprint density at radius 3 is 1.18 bits per heavy atom. The van der Waals surface area contributed by atoms with Crippen molar-refractivity contribution in [3.63, 3.8) is 0 Å². The minimum atomic E-state index is -1.90. The Kier molecular flexibility index (Phi) is 18.2. The maximum absolute atomic E-state index is 12.8. The highest BCUT2D eigenvalue weighted by atomic mass is 16.8. The van der Waals surface area contributed by atoms with Crippen LogP contribution in [0, 0.1) is 0 Å². The van der Waals surface area contributed by atoms with E-state index < -0.39 is 116 Å². The minimum absolute atomic E-state index is 0.0285. The fraction of sp³-hybridized carbons (Fsp3) is 0.788. The van der Waals surface area contributed by atoms with Gasteiger partial charge in [-0.3, -0.25) is 33.6 Å². The van der Waals surface area contributed by atoms with Gasteiger partial charge in [0, 0.05) is 44.9 Å². The highest BCUT2D eigenvalue weighted by Gasteiger charge is 2.57. The molecule has 0 aliphatic carbocycles. The molecule has 2 aliphatic heterocycles. The standard InChI is InChI=1S/C33H50O18/c1-8-19(34)42-15-17-27(28(47-22(37)11-4)30(32(41)44-17)49-24(39)13-6)51-33-31(50-25(40)14-7)29(48-23(38)12-5)26(46-21(36)10-3)18(45-33)16-43-20(35)9-2/h17-18,26-33,41H,8-16H2,1-7H3/t17-,18-,26-,27-,28+,29+,30-,31-,32-,33-/m1/s1. The Morgan fingerprint density at radius 2 is 0.765 bits per heavy atom. The first-order valence-electron chi connectivity index (χ1n) is 17.2. The number of rotatable bonds is 18. The monoisotopic (exact) mass is 734 g/mol. The smallest absolute Gasteiger partial charge is 0.306 e. The molecule has 51 heavy (non-hydrogen) atoms. The van der Waals surface area contributed by atoms with E-state index in [9.17, 15) is 38.7 Å². The highest BCUT2D eigenvalue weighted by molar-refractivity contribution is 5.72. The van der Waals surface area contributed by atoms with Gasteiger partial charge in [0.2, 0.25) is 0 Å². The van der Waals surface area contributed by atoms with Crippen LogP contribution in [0.25, 0.3) is 0 Å². The maximum atomic E-state index is 12.8. The van der Waals surface area contributed by atoms with Crippen molar-refractivity contribution in [1.82, 2.24) is 0 Å². The molecule has 0 radical (unpaired) electrons. The fourth-order valence-corrected chi connectivity index (χ4v) is 4.86. The molecular weight excluding hydrogens is 684 g/mol. The first-order valence-corrected chi connectivity index (χ1v) is 17.2. The Morgan fingerprint density at radius 1 is 0.431 bits per heavy atom. The third-order valence-corrected chi connectivity index (χ3v) is 7.67. The van der Waals surface area contributed by atoms with Crippen molar-refractivity contribution in [2.75, 3.05) is 13.2 Å². The zero-order valence-electron chi connectivity index (χ0n) is 30.0. The molecule has 2 aliphatic rings. The number of carbonyl (C=O) groups is 7. The van der Waals surface area contributed by atoms with Crippen LogP contribution >= 0.6 is 0 Å². The van der Waals surface area contributed by atoms with Crippen LogP contribution in [0.5, 0.6) is 0 Å². The van der Waals surface area contributed by atoms with E-state index in [-0.39, 0.29) is 44.9 Å². The van der Waals surface area contributed by atoms with Crippen LogP contribution in [-0.2, 0) is 80.9 Å². The molecule has 0 unspecified atom stereocenters. The van der Waals surface area contributed by atoms with Crippen LogP contribution in [0.2, 0.25) is 0 Å². The van der Waals surface area contributed by atoms with E-state index in [0.29, 0.717) is 0 Å². The summed E-state index contributed by atoms with van der Waals surface area (Å²) in [6.45, 7) is 9.41. The number of carbonyl (C=O) groups excluding carboxylic acids is 7. The van der Waals surface area contributed by atoms with E-state index in [4.69, 9.17) is 47.4 Å². The second-order valence-electron chi connectivity index (χ2n) is 11.3. The third kappa shape index (κ3) is 12.7. The molecule has 0 aromatic rings. The summed E-state index contributed by atoms with van der Waals surface area (Å²) < 4.78 is 56.8. The molecule has 2 heterocycles. The molecule has 1 N–H and O–H groups in total. The highest BCUT2D eigenvalue weighted by Crippen LogP contribution is 2.35. The molecule has 2 saturated heterocycles. The van der Waals surface area contributed by atoms with E-state index in [1.54, 1.807) is 6.92 Å². The fourth-order valence-electron chi connectivity index (χ4n) is 4.86. The average molecular weight is 735 g/mol. The molecule has 0 amide bonds. The van der Waals surface area contributed by atoms with Gasteiger partial charge in [-0.05, 0) is 0 Å². The number of aliphatic hydroxyl groups is 1. The Balaban J connectivity index is 2.77. The predicted molar refractivity (Wildman–Crippen MR) is 168 cm³/mol. The second kappa shape index (κ2) is 21.5. The van der Waals surface area contributed by atoms with Crippen LogP contribution in [0.3, 0.4) is 0 Å². The van der Waals surface area contributed by atoms with E-state index in [1.807, 2.05) is 0 Å². The van der Waals surface area contributed by atoms with Crippen molar-refractivity contribution in [2.24, 2.45) is 0 Å². The van der Waals surface area contributed by atoms with Crippen molar-refractivity contribution in [1.29, 1.82) is 0 Å². The maximum Gasteiger partial charge on any atom is 0.306 e. The predicted octanol–water partition coefficient (Wildman–Crippen LogP) is 1.33. The van der Waals surface area contributed by atoms with Gasteiger partial charge < -0.3 is 52.5 Å². The lowest BCUT2D eigenvalue weighted by atomic mass is 9.96. The molecule has 18 heteroatoms. The quantitative estimate of drug-likeness (QED) is 0.155. The molecule has 2 fully saturated rings. The zero-order valence-corrected chi connectivity index (χ0v) is 30.0. The van der Waals surface area contributed by atoms with Gasteiger partial charge in [0.05, 0.1) is 0 Å². The number of ether oxygens (including phenoxy) is 10. The van der Waals surface area contributed by atoms with Crippen LogP contribution in [0.15, 0.2) is 0 Å². The lowest BCUT2D eigenvalue weighted by Crippen LogP contribution is -2.67. The lowest BCUT2D eigenvalue weighted by molar-refractivity contribution is -0.357. The molecule has 0 aromatic heterocycles. The summed E-state index contributed by atoms with van der Waals surface area (Å²) in [7, 11) is 0. The van der Waals surface area contributed by atoms with Crippen LogP contribution in [0.1, 0.15) is 93.4 Å². The van der Waals surface area contributed by atoms with Gasteiger partial charge in [0.1, 0.15) is 31.5 Å². The summed E-state index contributed by atoms with van der Waals surface area (Å²) in [6.07, 6.45) is -17.1. The molecule has 0 aromatic carbocycles. The van der Waals surface area contributed by atoms with E-state index in [2.05, 4.69) is 0 Å². The van der Waals surface area contributed by atoms with Crippen molar-refractivity contribution in [3.05, 3.63) is 0 Å². The lowest BCUT2D eigenvalue weighted by Gasteiger charge is -2.48. The molecular formula is C33H50O18. The minimum Gasteiger partial charge on any atom is -0.463 e. The van der Waals surface area contributed by atoms with Gasteiger partial charge in [-0.25, -0.2) is 0 Å². The Hall–Kier alpha value is -3.87. The number of hydrogen-bond donors (Lipinski definition) is 1. The van der Waals surface area contributed by atoms with Crippen molar-refractivity contribution < 1.29 is 86.0 Å². The summed E-state index contributed by atoms with van der Waals surface area (Å²) >= 11 is 0. The normalized spacial score (nSPS) is 28.8. The van der Waals surface area contributed by atoms with Gasteiger partial charge in [-0.1, -0.05) is 48.5 Å². The topological polar surface area (TPSA) is 232 Å². The molecule has 0 spiro atoms. The van der Waals surface area contributed by atoms with Crippen LogP contribution in [0.4, 0.5) is 0 Å². The number of aliphatic hydroxyl groups excluding tert-OH is 1. The van der Waals surface area contributed by atoms with Gasteiger partial charge in [0.15, 0.2) is 43.1 Å². The Labute approximate surface area is 295 Å². The molecule has 0 bridgehead atoms. The van der Waals surface area contributed by atoms with Gasteiger partial charge >= 0.3 is 41.8 Å². The van der Waals surface area contributed by atoms with Crippen LogP contribution < -0.4 is 0 Å². The molecule has 2 rings (SSSR count). The molecule has 0 saturated carbocycles. The second-order valence-corrected chi connectivity index (χ2v) is 11.3. The zero-order chi connectivity index (χ0) is 38.2. The first-order chi connectivity index (χ1) is 24.3. The summed E-state index contributed by atoms with van der Waals surface area (Å²) in [5.41, 5.74) is 0. The van der Waals surface area contributed by atoms with Crippen LogP contribution in [-0.4, -0.2) is 122 Å². The summed E-state index contributed by atoms with van der Waals surface area (Å²) in [5, 5.41) is 10.9. The largest absolute Gasteiger partial charge is 0.463 e. The van der Waals surface area contributed by atoms with Crippen molar-refractivity contribution in [3.8, 4) is 0 Å². The summed E-state index contributed by atoms with van der Waals surface area (Å²) in [5.74, 6) is -5.31. The Bertz CT molecular complexity index is 1200. The van der Waals surface area contributed by atoms with Gasteiger partial charge in [-0.15, -0.1) is 0 Å². The molecule has 290 valence electrons. The SMILES string of the molecule is CCC(=O)OC[C@H]1O[C@@H](O)[C@H](OC(=O)CC)[C@@H](OC(=O)CC)[C@@H]1O[C@H]1O[C@H](COC(=O)CC)[C@@H](OC(=O)CC)[C@H](OC(=O)CC)[C@H]1OC(=O)CC. The number of hydrogen-bond acceptors (Lipinski definition) is 18. The summed E-state index contributed by atoms with van der Waals surface area (Å²) in [6, 6.07) is 0. The molecule has 10 atom stereocenters. The molecule has 18 nitrogen and oxygen atoms in total.